The van der Waals surface area contributed by atoms with Gasteiger partial charge in [-0.05, 0) is 61.0 Å². The van der Waals surface area contributed by atoms with Gasteiger partial charge in [0.05, 0.1) is 29.6 Å². The van der Waals surface area contributed by atoms with Crippen LogP contribution in [0, 0.1) is 18.6 Å². The number of methoxy groups -OCH3 is 1. The molecule has 0 atom stereocenters. The number of carbonyl (C=O) groups excluding carboxylic acids is 1. The van der Waals surface area contributed by atoms with Crippen molar-refractivity contribution in [1.82, 2.24) is 0 Å². The highest BCUT2D eigenvalue weighted by atomic mass is 32.2. The summed E-state index contributed by atoms with van der Waals surface area (Å²) in [6.45, 7) is 1.07. The number of halogens is 2. The van der Waals surface area contributed by atoms with Gasteiger partial charge in [0.15, 0.2) is 11.6 Å². The topological polar surface area (TPSA) is 122 Å². The number of nitrogens with zero attached hydrogens (tertiary/aromatic N) is 1. The molecule has 0 aromatic heterocycles. The molecule has 36 heavy (non-hydrogen) atoms. The van der Waals surface area contributed by atoms with Crippen LogP contribution in [0.4, 0.5) is 25.8 Å². The monoisotopic (exact) mass is 539 g/mol. The zero-order chi connectivity index (χ0) is 26.7. The second-order valence-corrected chi connectivity index (χ2v) is 11.3. The number of benzene rings is 3. The van der Waals surface area contributed by atoms with E-state index < -0.39 is 44.1 Å². The molecule has 0 aliphatic heterocycles. The van der Waals surface area contributed by atoms with Gasteiger partial charge < -0.3 is 10.1 Å². The Hall–Kier alpha value is -3.71. The maximum Gasteiger partial charge on any atom is 0.262 e. The minimum atomic E-state index is -4.01. The molecule has 0 saturated carbocycles. The summed E-state index contributed by atoms with van der Waals surface area (Å²) < 4.78 is 84.9. The van der Waals surface area contributed by atoms with Crippen LogP contribution < -0.4 is 19.1 Å². The lowest BCUT2D eigenvalue weighted by molar-refractivity contribution is -0.114. The van der Waals surface area contributed by atoms with Gasteiger partial charge in [0, 0.05) is 11.8 Å². The van der Waals surface area contributed by atoms with E-state index in [2.05, 4.69) is 10.0 Å². The zero-order valence-electron chi connectivity index (χ0n) is 19.4. The maximum absolute atomic E-state index is 13.6. The molecule has 9 nitrogen and oxygen atoms in total. The van der Waals surface area contributed by atoms with Crippen molar-refractivity contribution in [2.45, 2.75) is 11.8 Å². The minimum absolute atomic E-state index is 0.0939. The number of hydrogen-bond acceptors (Lipinski definition) is 6. The summed E-state index contributed by atoms with van der Waals surface area (Å²) in [6, 6.07) is 12.6. The number of amides is 1. The molecule has 0 aliphatic carbocycles. The summed E-state index contributed by atoms with van der Waals surface area (Å²) in [7, 11) is -6.59. The van der Waals surface area contributed by atoms with Crippen molar-refractivity contribution in [1.29, 1.82) is 0 Å². The van der Waals surface area contributed by atoms with Gasteiger partial charge >= 0.3 is 0 Å². The first-order chi connectivity index (χ1) is 16.8. The SMILES string of the molecule is COc1ccc(C)cc1NS(=O)(=O)c1ccc(NC(=O)CN(c2ccc(F)c(F)c2)S(C)(=O)=O)cc1. The van der Waals surface area contributed by atoms with E-state index in [1.807, 2.05) is 0 Å². The Balaban J connectivity index is 1.75. The van der Waals surface area contributed by atoms with Gasteiger partial charge in [0.2, 0.25) is 15.9 Å². The Labute approximate surface area is 207 Å². The number of ether oxygens (including phenoxy) is 1. The fourth-order valence-electron chi connectivity index (χ4n) is 3.19. The Morgan fingerprint density at radius 1 is 0.944 bits per heavy atom. The summed E-state index contributed by atoms with van der Waals surface area (Å²) in [6.07, 6.45) is 0.817. The Morgan fingerprint density at radius 3 is 2.19 bits per heavy atom. The van der Waals surface area contributed by atoms with E-state index in [-0.39, 0.29) is 22.0 Å². The molecular weight excluding hydrogens is 516 g/mol. The van der Waals surface area contributed by atoms with Crippen LogP contribution in [0.15, 0.2) is 65.6 Å². The molecule has 0 bridgehead atoms. The molecule has 0 radical (unpaired) electrons. The molecule has 3 rings (SSSR count). The van der Waals surface area contributed by atoms with E-state index in [0.717, 1.165) is 24.0 Å². The van der Waals surface area contributed by atoms with E-state index in [1.54, 1.807) is 25.1 Å². The largest absolute Gasteiger partial charge is 0.495 e. The van der Waals surface area contributed by atoms with E-state index in [1.165, 1.54) is 31.4 Å². The highest BCUT2D eigenvalue weighted by Gasteiger charge is 2.23. The predicted molar refractivity (Wildman–Crippen MR) is 132 cm³/mol. The predicted octanol–water partition coefficient (Wildman–Crippen LogP) is 3.49. The van der Waals surface area contributed by atoms with Crippen LogP contribution in [0.1, 0.15) is 5.56 Å². The molecule has 13 heteroatoms. The third-order valence-electron chi connectivity index (χ3n) is 4.93. The molecule has 0 spiro atoms. The number of nitrogens with one attached hydrogen (secondary N) is 2. The number of hydrogen-bond donors (Lipinski definition) is 2. The minimum Gasteiger partial charge on any atom is -0.495 e. The third kappa shape index (κ3) is 6.49. The first-order valence-electron chi connectivity index (χ1n) is 10.3. The van der Waals surface area contributed by atoms with Crippen molar-refractivity contribution < 1.29 is 35.1 Å². The van der Waals surface area contributed by atoms with Gasteiger partial charge in [0.1, 0.15) is 12.3 Å². The molecule has 1 amide bonds. The molecule has 0 saturated heterocycles. The van der Waals surface area contributed by atoms with Crippen molar-refractivity contribution in [2.75, 3.05) is 34.3 Å². The van der Waals surface area contributed by atoms with E-state index in [9.17, 15) is 30.4 Å². The van der Waals surface area contributed by atoms with Crippen molar-refractivity contribution in [3.63, 3.8) is 0 Å². The molecule has 0 aliphatic rings. The van der Waals surface area contributed by atoms with E-state index >= 15 is 0 Å². The number of aryl methyl sites for hydroxylation is 1. The van der Waals surface area contributed by atoms with Gasteiger partial charge in [-0.25, -0.2) is 25.6 Å². The number of anilines is 3. The van der Waals surface area contributed by atoms with Gasteiger partial charge in [-0.15, -0.1) is 0 Å². The van der Waals surface area contributed by atoms with Crippen LogP contribution in [0.25, 0.3) is 0 Å². The first kappa shape index (κ1) is 26.9. The smallest absolute Gasteiger partial charge is 0.262 e. The molecular formula is C23H23F2N3O6S2. The van der Waals surface area contributed by atoms with Crippen LogP contribution in [0.5, 0.6) is 5.75 Å². The zero-order valence-corrected chi connectivity index (χ0v) is 21.1. The summed E-state index contributed by atoms with van der Waals surface area (Å²) >= 11 is 0. The average molecular weight is 540 g/mol. The van der Waals surface area contributed by atoms with Crippen LogP contribution in [0.3, 0.4) is 0 Å². The third-order valence-corrected chi connectivity index (χ3v) is 7.45. The lowest BCUT2D eigenvalue weighted by Crippen LogP contribution is -2.37. The molecule has 0 unspecified atom stereocenters. The fraction of sp³-hybridized carbons (Fsp3) is 0.174. The summed E-state index contributed by atoms with van der Waals surface area (Å²) in [5.41, 5.74) is 1.03. The highest BCUT2D eigenvalue weighted by Crippen LogP contribution is 2.28. The number of carbonyl (C=O) groups is 1. The summed E-state index contributed by atoms with van der Waals surface area (Å²) in [5.74, 6) is -2.88. The van der Waals surface area contributed by atoms with Gasteiger partial charge in [0.25, 0.3) is 10.0 Å². The van der Waals surface area contributed by atoms with E-state index in [0.29, 0.717) is 16.1 Å². The normalized spacial score (nSPS) is 11.6. The van der Waals surface area contributed by atoms with Gasteiger partial charge in [-0.1, -0.05) is 6.07 Å². The van der Waals surface area contributed by atoms with Crippen molar-refractivity contribution in [3.05, 3.63) is 77.9 Å². The van der Waals surface area contributed by atoms with Crippen molar-refractivity contribution in [2.24, 2.45) is 0 Å². The average Bonchev–Trinajstić information content (AvgIpc) is 2.79. The lowest BCUT2D eigenvalue weighted by atomic mass is 10.2. The molecule has 3 aromatic rings. The van der Waals surface area contributed by atoms with Crippen LogP contribution in [-0.2, 0) is 24.8 Å². The molecule has 192 valence electrons. The van der Waals surface area contributed by atoms with Crippen LogP contribution in [-0.4, -0.2) is 42.7 Å². The summed E-state index contributed by atoms with van der Waals surface area (Å²) in [4.78, 5) is 12.4. The van der Waals surface area contributed by atoms with Gasteiger partial charge in [-0.3, -0.25) is 13.8 Å². The standard InChI is InChI=1S/C23H23F2N3O6S2/c1-15-4-11-22(34-2)21(12-15)27-36(32,33)18-8-5-16(6-9-18)26-23(29)14-28(35(3,30)31)17-7-10-19(24)20(25)13-17/h4-13,27H,14H2,1-3H3,(H,26,29). The second-order valence-electron chi connectivity index (χ2n) is 7.75. The molecule has 0 fully saturated rings. The lowest BCUT2D eigenvalue weighted by Gasteiger charge is -2.22. The fourth-order valence-corrected chi connectivity index (χ4v) is 5.10. The van der Waals surface area contributed by atoms with Crippen LogP contribution >= 0.6 is 0 Å². The van der Waals surface area contributed by atoms with Crippen LogP contribution in [0.2, 0.25) is 0 Å². The maximum atomic E-state index is 13.6. The van der Waals surface area contributed by atoms with Crippen molar-refractivity contribution in [3.8, 4) is 5.75 Å². The number of sulfonamides is 2. The Morgan fingerprint density at radius 2 is 1.61 bits per heavy atom. The molecule has 2 N–H and O–H groups in total. The molecule has 3 aromatic carbocycles. The Bertz CT molecular complexity index is 1490. The van der Waals surface area contributed by atoms with Gasteiger partial charge in [-0.2, -0.15) is 0 Å². The van der Waals surface area contributed by atoms with E-state index in [4.69, 9.17) is 4.74 Å². The first-order valence-corrected chi connectivity index (χ1v) is 13.6. The number of rotatable bonds is 9. The quantitative estimate of drug-likeness (QED) is 0.429. The Kier molecular flexibility index (Phi) is 7.84. The molecule has 0 heterocycles. The second kappa shape index (κ2) is 10.5. The summed E-state index contributed by atoms with van der Waals surface area (Å²) in [5, 5.41) is 2.45. The highest BCUT2D eigenvalue weighted by molar-refractivity contribution is 7.92. The van der Waals surface area contributed by atoms with Crippen molar-refractivity contribution >= 4 is 43.0 Å².